The molecule has 2 atom stereocenters. The number of methoxy groups -OCH3 is 1. The standard InChI is InChI=1S/C31H31F2N3O5/c1-41-31(40)23-8-6-22(7-9-23)30(39)36-18-26(28(37)34-16-14-20-2-10-24(32)11-3-20)27(19-36)29(38)35-17-15-21-4-12-25(33)13-5-21/h2-13,26-27H,14-19H2,1H3,(H,34,37)(H,35,38)/t26-,27-/m0/s1. The van der Waals surface area contributed by atoms with Crippen molar-refractivity contribution in [3.05, 3.63) is 107 Å². The number of rotatable bonds is 10. The summed E-state index contributed by atoms with van der Waals surface area (Å²) in [7, 11) is 1.27. The van der Waals surface area contributed by atoms with Gasteiger partial charge in [-0.3, -0.25) is 14.4 Å². The van der Waals surface area contributed by atoms with Crippen LogP contribution in [0.15, 0.2) is 72.8 Å². The minimum absolute atomic E-state index is 0.0377. The van der Waals surface area contributed by atoms with Crippen molar-refractivity contribution in [2.75, 3.05) is 33.3 Å². The molecule has 0 unspecified atom stereocenters. The lowest BCUT2D eigenvalue weighted by molar-refractivity contribution is -0.132. The van der Waals surface area contributed by atoms with Crippen LogP contribution in [0, 0.1) is 23.5 Å². The van der Waals surface area contributed by atoms with Gasteiger partial charge in [-0.15, -0.1) is 0 Å². The molecule has 1 aliphatic heterocycles. The quantitative estimate of drug-likeness (QED) is 0.369. The van der Waals surface area contributed by atoms with E-state index >= 15 is 0 Å². The van der Waals surface area contributed by atoms with Gasteiger partial charge in [0.1, 0.15) is 11.6 Å². The maximum absolute atomic E-state index is 13.3. The average molecular weight is 564 g/mol. The summed E-state index contributed by atoms with van der Waals surface area (Å²) in [6.07, 6.45) is 0.949. The number of carbonyl (C=O) groups is 4. The van der Waals surface area contributed by atoms with Crippen LogP contribution < -0.4 is 10.6 Å². The van der Waals surface area contributed by atoms with Crippen LogP contribution in [0.2, 0.25) is 0 Å². The molecule has 41 heavy (non-hydrogen) atoms. The van der Waals surface area contributed by atoms with E-state index in [2.05, 4.69) is 10.6 Å². The summed E-state index contributed by atoms with van der Waals surface area (Å²) in [4.78, 5) is 52.9. The van der Waals surface area contributed by atoms with Crippen molar-refractivity contribution in [2.45, 2.75) is 12.8 Å². The number of esters is 1. The van der Waals surface area contributed by atoms with Crippen LogP contribution in [0.4, 0.5) is 8.78 Å². The molecule has 10 heteroatoms. The first kappa shape index (κ1) is 29.4. The van der Waals surface area contributed by atoms with Gasteiger partial charge < -0.3 is 20.3 Å². The number of benzene rings is 3. The summed E-state index contributed by atoms with van der Waals surface area (Å²) in [5.41, 5.74) is 2.30. The molecule has 3 aromatic carbocycles. The Hall–Kier alpha value is -4.60. The number of hydrogen-bond donors (Lipinski definition) is 2. The van der Waals surface area contributed by atoms with Gasteiger partial charge in [-0.2, -0.15) is 0 Å². The fourth-order valence-electron chi connectivity index (χ4n) is 4.77. The summed E-state index contributed by atoms with van der Waals surface area (Å²) in [5.74, 6) is -3.88. The fourth-order valence-corrected chi connectivity index (χ4v) is 4.77. The van der Waals surface area contributed by atoms with Crippen molar-refractivity contribution in [1.29, 1.82) is 0 Å². The molecule has 0 aromatic heterocycles. The largest absolute Gasteiger partial charge is 0.465 e. The zero-order valence-electron chi connectivity index (χ0n) is 22.6. The molecule has 1 saturated heterocycles. The summed E-state index contributed by atoms with van der Waals surface area (Å²) in [6, 6.07) is 17.9. The van der Waals surface area contributed by atoms with Crippen LogP contribution in [0.5, 0.6) is 0 Å². The van der Waals surface area contributed by atoms with Crippen molar-refractivity contribution in [2.24, 2.45) is 11.8 Å². The summed E-state index contributed by atoms with van der Waals surface area (Å²) < 4.78 is 31.1. The number of hydrogen-bond acceptors (Lipinski definition) is 5. The third-order valence-electron chi connectivity index (χ3n) is 7.09. The first-order valence-electron chi connectivity index (χ1n) is 13.3. The van der Waals surface area contributed by atoms with Crippen molar-refractivity contribution >= 4 is 23.7 Å². The first-order valence-corrected chi connectivity index (χ1v) is 13.3. The van der Waals surface area contributed by atoms with Gasteiger partial charge in [0, 0.05) is 31.7 Å². The maximum Gasteiger partial charge on any atom is 0.337 e. The Morgan fingerprint density at radius 1 is 0.707 bits per heavy atom. The lowest BCUT2D eigenvalue weighted by Crippen LogP contribution is -2.42. The smallest absolute Gasteiger partial charge is 0.337 e. The van der Waals surface area contributed by atoms with Crippen LogP contribution in [-0.2, 0) is 27.2 Å². The molecule has 214 valence electrons. The first-order chi connectivity index (χ1) is 19.7. The van der Waals surface area contributed by atoms with E-state index in [1.807, 2.05) is 0 Å². The Bertz CT molecular complexity index is 1310. The molecular formula is C31H31F2N3O5. The SMILES string of the molecule is COC(=O)c1ccc(C(=O)N2C[C@H](C(=O)NCCc3ccc(F)cc3)[C@@H](C(=O)NCCc3ccc(F)cc3)C2)cc1. The Morgan fingerprint density at radius 3 is 1.54 bits per heavy atom. The Balaban J connectivity index is 1.42. The molecule has 0 bridgehead atoms. The van der Waals surface area contributed by atoms with Crippen LogP contribution in [0.25, 0.3) is 0 Å². The molecule has 2 N–H and O–H groups in total. The third kappa shape index (κ3) is 7.75. The lowest BCUT2D eigenvalue weighted by atomic mass is 9.94. The van der Waals surface area contributed by atoms with E-state index in [9.17, 15) is 28.0 Å². The molecule has 1 fully saturated rings. The number of halogens is 2. The predicted molar refractivity (Wildman–Crippen MR) is 147 cm³/mol. The molecule has 8 nitrogen and oxygen atoms in total. The van der Waals surface area contributed by atoms with Crippen LogP contribution >= 0.6 is 0 Å². The zero-order chi connectivity index (χ0) is 29.4. The van der Waals surface area contributed by atoms with E-state index < -0.39 is 17.8 Å². The molecular weight excluding hydrogens is 532 g/mol. The van der Waals surface area contributed by atoms with Gasteiger partial charge in [-0.1, -0.05) is 24.3 Å². The number of likely N-dealkylation sites (tertiary alicyclic amines) is 1. The summed E-state index contributed by atoms with van der Waals surface area (Å²) >= 11 is 0. The minimum atomic E-state index is -0.785. The van der Waals surface area contributed by atoms with Crippen LogP contribution in [-0.4, -0.2) is 61.9 Å². The molecule has 0 aliphatic carbocycles. The molecule has 0 saturated carbocycles. The summed E-state index contributed by atoms with van der Waals surface area (Å²) in [6.45, 7) is 0.637. The molecule has 1 aliphatic rings. The average Bonchev–Trinajstić information content (AvgIpc) is 3.44. The van der Waals surface area contributed by atoms with Crippen LogP contribution in [0.1, 0.15) is 31.8 Å². The Kier molecular flexibility index (Phi) is 9.78. The van der Waals surface area contributed by atoms with E-state index in [0.717, 1.165) is 11.1 Å². The van der Waals surface area contributed by atoms with Gasteiger partial charge in [-0.05, 0) is 72.5 Å². The normalized spacial score (nSPS) is 16.2. The minimum Gasteiger partial charge on any atom is -0.465 e. The number of ether oxygens (including phenoxy) is 1. The second-order valence-corrected chi connectivity index (χ2v) is 9.83. The molecule has 3 aromatic rings. The third-order valence-corrected chi connectivity index (χ3v) is 7.09. The zero-order valence-corrected chi connectivity index (χ0v) is 22.6. The molecule has 0 radical (unpaired) electrons. The van der Waals surface area contributed by atoms with E-state index in [1.54, 1.807) is 24.3 Å². The number of nitrogens with one attached hydrogen (secondary N) is 2. The highest BCUT2D eigenvalue weighted by Crippen LogP contribution is 2.26. The monoisotopic (exact) mass is 563 g/mol. The highest BCUT2D eigenvalue weighted by Gasteiger charge is 2.43. The van der Waals surface area contributed by atoms with Crippen molar-refractivity contribution in [1.82, 2.24) is 15.5 Å². The Morgan fingerprint density at radius 2 is 1.12 bits per heavy atom. The van der Waals surface area contributed by atoms with Gasteiger partial charge >= 0.3 is 5.97 Å². The maximum atomic E-state index is 13.3. The van der Waals surface area contributed by atoms with Gasteiger partial charge in [0.05, 0.1) is 24.5 Å². The molecule has 4 rings (SSSR count). The lowest BCUT2D eigenvalue weighted by Gasteiger charge is -2.17. The Labute approximate surface area is 236 Å². The number of carbonyl (C=O) groups excluding carboxylic acids is 4. The topological polar surface area (TPSA) is 105 Å². The van der Waals surface area contributed by atoms with Crippen LogP contribution in [0.3, 0.4) is 0 Å². The van der Waals surface area contributed by atoms with Crippen molar-refractivity contribution in [3.8, 4) is 0 Å². The van der Waals surface area contributed by atoms with E-state index in [1.165, 1.54) is 60.5 Å². The van der Waals surface area contributed by atoms with E-state index in [-0.39, 0.29) is 55.5 Å². The molecule has 3 amide bonds. The molecule has 1 heterocycles. The van der Waals surface area contributed by atoms with Gasteiger partial charge in [0.25, 0.3) is 5.91 Å². The van der Waals surface area contributed by atoms with E-state index in [4.69, 9.17) is 4.74 Å². The molecule has 0 spiro atoms. The van der Waals surface area contributed by atoms with Crippen molar-refractivity contribution < 1.29 is 32.7 Å². The number of nitrogens with zero attached hydrogens (tertiary/aromatic N) is 1. The second-order valence-electron chi connectivity index (χ2n) is 9.83. The van der Waals surface area contributed by atoms with Gasteiger partial charge in [-0.25, -0.2) is 13.6 Å². The highest BCUT2D eigenvalue weighted by atomic mass is 19.1. The number of amides is 3. The highest BCUT2D eigenvalue weighted by molar-refractivity contribution is 5.98. The van der Waals surface area contributed by atoms with Crippen molar-refractivity contribution in [3.63, 3.8) is 0 Å². The predicted octanol–water partition coefficient (Wildman–Crippen LogP) is 3.16. The second kappa shape index (κ2) is 13.6. The van der Waals surface area contributed by atoms with Gasteiger partial charge in [0.2, 0.25) is 11.8 Å². The fraction of sp³-hybridized carbons (Fsp3) is 0.290. The van der Waals surface area contributed by atoms with Gasteiger partial charge in [0.15, 0.2) is 0 Å². The van der Waals surface area contributed by atoms with E-state index in [0.29, 0.717) is 24.0 Å². The summed E-state index contributed by atoms with van der Waals surface area (Å²) in [5, 5.41) is 5.70.